The smallest absolute Gasteiger partial charge is 0.274 e. The number of ether oxygens (including phenoxy) is 1. The minimum atomic E-state index is 0.0275. The molecule has 0 saturated carbocycles. The van der Waals surface area contributed by atoms with Gasteiger partial charge in [0.05, 0.1) is 7.11 Å². The molecule has 0 aliphatic carbocycles. The summed E-state index contributed by atoms with van der Waals surface area (Å²) in [6.45, 7) is 7.87. The fourth-order valence-corrected chi connectivity index (χ4v) is 3.06. The Morgan fingerprint density at radius 1 is 1.17 bits per heavy atom. The number of carbonyl (C=O) groups is 1. The Kier molecular flexibility index (Phi) is 4.74. The van der Waals surface area contributed by atoms with Gasteiger partial charge >= 0.3 is 0 Å². The average molecular weight is 328 g/mol. The molecule has 0 bridgehead atoms. The Labute approximate surface area is 142 Å². The molecule has 1 aliphatic rings. The fourth-order valence-electron chi connectivity index (χ4n) is 3.06. The van der Waals surface area contributed by atoms with E-state index in [-0.39, 0.29) is 5.91 Å². The van der Waals surface area contributed by atoms with Crippen LogP contribution in [0, 0.1) is 6.92 Å². The highest BCUT2D eigenvalue weighted by Crippen LogP contribution is 2.21. The van der Waals surface area contributed by atoms with E-state index >= 15 is 0 Å². The van der Waals surface area contributed by atoms with E-state index in [2.05, 4.69) is 22.1 Å². The lowest BCUT2D eigenvalue weighted by molar-refractivity contribution is 0.0740. The van der Waals surface area contributed by atoms with Crippen LogP contribution in [0.1, 0.15) is 23.1 Å². The second-order valence-corrected chi connectivity index (χ2v) is 5.96. The molecular formula is C18H24N4O2. The Morgan fingerprint density at radius 3 is 2.38 bits per heavy atom. The molecule has 1 aliphatic heterocycles. The van der Waals surface area contributed by atoms with Crippen molar-refractivity contribution in [2.75, 3.05) is 38.2 Å². The normalized spacial score (nSPS) is 14.8. The van der Waals surface area contributed by atoms with E-state index in [4.69, 9.17) is 4.74 Å². The summed E-state index contributed by atoms with van der Waals surface area (Å²) in [4.78, 5) is 16.8. The third-order valence-corrected chi connectivity index (χ3v) is 4.50. The molecular weight excluding hydrogens is 304 g/mol. The van der Waals surface area contributed by atoms with Crippen LogP contribution >= 0.6 is 0 Å². The molecule has 0 atom stereocenters. The van der Waals surface area contributed by atoms with Crippen molar-refractivity contribution in [1.82, 2.24) is 14.7 Å². The van der Waals surface area contributed by atoms with Gasteiger partial charge in [-0.25, -0.2) is 0 Å². The van der Waals surface area contributed by atoms with E-state index < -0.39 is 0 Å². The number of carbonyl (C=O) groups excluding carboxylic acids is 1. The van der Waals surface area contributed by atoms with Gasteiger partial charge in [-0.3, -0.25) is 9.48 Å². The molecule has 0 N–H and O–H groups in total. The van der Waals surface area contributed by atoms with Crippen molar-refractivity contribution in [3.05, 3.63) is 41.7 Å². The molecule has 0 unspecified atom stereocenters. The highest BCUT2D eigenvalue weighted by Gasteiger charge is 2.24. The molecule has 3 rings (SSSR count). The first kappa shape index (κ1) is 16.4. The number of anilines is 1. The summed E-state index contributed by atoms with van der Waals surface area (Å²) in [6.07, 6.45) is 0. The van der Waals surface area contributed by atoms with Gasteiger partial charge in [0.1, 0.15) is 5.75 Å². The second kappa shape index (κ2) is 6.95. The first-order valence-electron chi connectivity index (χ1n) is 8.35. The molecule has 1 aromatic carbocycles. The monoisotopic (exact) mass is 328 g/mol. The van der Waals surface area contributed by atoms with Gasteiger partial charge in [-0.1, -0.05) is 0 Å². The van der Waals surface area contributed by atoms with Gasteiger partial charge in [-0.2, -0.15) is 5.10 Å². The summed E-state index contributed by atoms with van der Waals surface area (Å²) < 4.78 is 7.06. The van der Waals surface area contributed by atoms with E-state index in [1.807, 2.05) is 41.6 Å². The molecule has 128 valence electrons. The Balaban J connectivity index is 1.62. The Bertz CT molecular complexity index is 700. The third-order valence-electron chi connectivity index (χ3n) is 4.50. The number of hydrogen-bond donors (Lipinski definition) is 0. The number of aryl methyl sites for hydroxylation is 2. The second-order valence-electron chi connectivity index (χ2n) is 5.96. The van der Waals surface area contributed by atoms with Gasteiger partial charge in [0.25, 0.3) is 5.91 Å². The molecule has 6 heteroatoms. The lowest BCUT2D eigenvalue weighted by atomic mass is 10.2. The predicted octanol–water partition coefficient (Wildman–Crippen LogP) is 2.18. The van der Waals surface area contributed by atoms with Crippen LogP contribution in [0.4, 0.5) is 5.69 Å². The number of benzene rings is 1. The number of methoxy groups -OCH3 is 1. The molecule has 24 heavy (non-hydrogen) atoms. The summed E-state index contributed by atoms with van der Waals surface area (Å²) in [7, 11) is 1.67. The molecule has 1 fully saturated rings. The van der Waals surface area contributed by atoms with E-state index in [0.29, 0.717) is 18.8 Å². The summed E-state index contributed by atoms with van der Waals surface area (Å²) in [5.41, 5.74) is 2.74. The lowest BCUT2D eigenvalue weighted by Crippen LogP contribution is -2.48. The Morgan fingerprint density at radius 2 is 1.83 bits per heavy atom. The Hall–Kier alpha value is -2.50. The fraction of sp³-hybridized carbons (Fsp3) is 0.444. The van der Waals surface area contributed by atoms with Gasteiger partial charge in [0.15, 0.2) is 5.69 Å². The molecule has 6 nitrogen and oxygen atoms in total. The lowest BCUT2D eigenvalue weighted by Gasteiger charge is -2.35. The average Bonchev–Trinajstić information content (AvgIpc) is 3.02. The zero-order chi connectivity index (χ0) is 17.1. The zero-order valence-corrected chi connectivity index (χ0v) is 14.5. The maximum absolute atomic E-state index is 12.6. The zero-order valence-electron chi connectivity index (χ0n) is 14.5. The topological polar surface area (TPSA) is 50.6 Å². The van der Waals surface area contributed by atoms with E-state index in [9.17, 15) is 4.79 Å². The number of piperazine rings is 1. The highest BCUT2D eigenvalue weighted by atomic mass is 16.5. The van der Waals surface area contributed by atoms with Gasteiger partial charge in [0.2, 0.25) is 0 Å². The molecule has 0 radical (unpaired) electrons. The maximum atomic E-state index is 12.6. The van der Waals surface area contributed by atoms with Crippen LogP contribution in [0.3, 0.4) is 0 Å². The van der Waals surface area contributed by atoms with Gasteiger partial charge in [-0.15, -0.1) is 0 Å². The summed E-state index contributed by atoms with van der Waals surface area (Å²) >= 11 is 0. The molecule has 2 aromatic rings. The number of amides is 1. The van der Waals surface area contributed by atoms with Crippen LogP contribution in [0.2, 0.25) is 0 Å². The van der Waals surface area contributed by atoms with Gasteiger partial charge < -0.3 is 14.5 Å². The van der Waals surface area contributed by atoms with Crippen molar-refractivity contribution in [1.29, 1.82) is 0 Å². The molecule has 0 spiro atoms. The van der Waals surface area contributed by atoms with E-state index in [1.165, 1.54) is 0 Å². The molecule has 1 saturated heterocycles. The molecule has 1 aromatic heterocycles. The number of hydrogen-bond acceptors (Lipinski definition) is 4. The largest absolute Gasteiger partial charge is 0.497 e. The first-order chi connectivity index (χ1) is 11.6. The van der Waals surface area contributed by atoms with E-state index in [0.717, 1.165) is 36.8 Å². The van der Waals surface area contributed by atoms with E-state index in [1.54, 1.807) is 7.11 Å². The highest BCUT2D eigenvalue weighted by molar-refractivity contribution is 5.92. The van der Waals surface area contributed by atoms with Crippen LogP contribution in [0.15, 0.2) is 30.3 Å². The van der Waals surface area contributed by atoms with Crippen molar-refractivity contribution >= 4 is 11.6 Å². The summed E-state index contributed by atoms with van der Waals surface area (Å²) in [5, 5.41) is 4.40. The van der Waals surface area contributed by atoms with Crippen LogP contribution in [0.25, 0.3) is 0 Å². The van der Waals surface area contributed by atoms with Crippen LogP contribution in [-0.2, 0) is 6.54 Å². The van der Waals surface area contributed by atoms with Crippen LogP contribution < -0.4 is 9.64 Å². The number of aromatic nitrogens is 2. The molecule has 1 amide bonds. The third kappa shape index (κ3) is 3.22. The summed E-state index contributed by atoms with van der Waals surface area (Å²) in [6, 6.07) is 9.92. The van der Waals surface area contributed by atoms with Crippen molar-refractivity contribution in [3.63, 3.8) is 0 Å². The van der Waals surface area contributed by atoms with Crippen molar-refractivity contribution in [2.45, 2.75) is 20.4 Å². The van der Waals surface area contributed by atoms with Crippen LogP contribution in [0.5, 0.6) is 5.75 Å². The standard InChI is InChI=1S/C18H24N4O2/c1-4-22-14(2)13-17(19-22)18(23)21-11-9-20(10-12-21)15-5-7-16(24-3)8-6-15/h5-8,13H,4,9-12H2,1-3H3. The number of rotatable bonds is 4. The minimum Gasteiger partial charge on any atom is -0.497 e. The maximum Gasteiger partial charge on any atom is 0.274 e. The van der Waals surface area contributed by atoms with Crippen LogP contribution in [-0.4, -0.2) is 53.9 Å². The SMILES string of the molecule is CCn1nc(C(=O)N2CCN(c3ccc(OC)cc3)CC2)cc1C. The minimum absolute atomic E-state index is 0.0275. The quantitative estimate of drug-likeness (QED) is 0.863. The van der Waals surface area contributed by atoms with Crippen molar-refractivity contribution < 1.29 is 9.53 Å². The van der Waals surface area contributed by atoms with Crippen molar-refractivity contribution in [3.8, 4) is 5.75 Å². The summed E-state index contributed by atoms with van der Waals surface area (Å²) in [5.74, 6) is 0.883. The van der Waals surface area contributed by atoms with Gasteiger partial charge in [0, 0.05) is 44.1 Å². The number of nitrogens with zero attached hydrogens (tertiary/aromatic N) is 4. The first-order valence-corrected chi connectivity index (χ1v) is 8.35. The predicted molar refractivity (Wildman–Crippen MR) is 93.7 cm³/mol. The van der Waals surface area contributed by atoms with Crippen molar-refractivity contribution in [2.24, 2.45) is 0 Å². The van der Waals surface area contributed by atoms with Gasteiger partial charge in [-0.05, 0) is 44.2 Å². The molecule has 2 heterocycles.